The Morgan fingerprint density at radius 2 is 0.792 bits per heavy atom. The lowest BCUT2D eigenvalue weighted by Crippen LogP contribution is -2.01. The van der Waals surface area contributed by atoms with Crippen molar-refractivity contribution in [1.29, 1.82) is 0 Å². The highest BCUT2D eigenvalue weighted by atomic mass is 15.0. The fourth-order valence-corrected chi connectivity index (χ4v) is 7.45. The van der Waals surface area contributed by atoms with Gasteiger partial charge in [0.25, 0.3) is 0 Å². The smallest absolute Gasteiger partial charge is 0.164 e. The van der Waals surface area contributed by atoms with Crippen LogP contribution in [0.1, 0.15) is 0 Å². The van der Waals surface area contributed by atoms with Crippen LogP contribution in [-0.4, -0.2) is 19.5 Å². The molecule has 2 heterocycles. The first-order valence-corrected chi connectivity index (χ1v) is 17.9. The number of hydrogen-bond donors (Lipinski definition) is 0. The topological polar surface area (TPSA) is 43.6 Å². The van der Waals surface area contributed by atoms with Crippen molar-refractivity contribution in [2.45, 2.75) is 0 Å². The van der Waals surface area contributed by atoms with Gasteiger partial charge in [0.05, 0.1) is 11.0 Å². The second-order valence-electron chi connectivity index (χ2n) is 13.3. The molecule has 4 heteroatoms. The van der Waals surface area contributed by atoms with Crippen molar-refractivity contribution in [3.8, 4) is 62.1 Å². The molecule has 10 aromatic rings. The Labute approximate surface area is 307 Å². The lowest BCUT2D eigenvalue weighted by atomic mass is 9.98. The minimum atomic E-state index is 0.632. The van der Waals surface area contributed by atoms with Gasteiger partial charge in [-0.25, -0.2) is 15.0 Å². The van der Waals surface area contributed by atoms with E-state index in [1.54, 1.807) is 0 Å². The van der Waals surface area contributed by atoms with Crippen LogP contribution in [0.2, 0.25) is 0 Å². The first kappa shape index (κ1) is 30.6. The van der Waals surface area contributed by atoms with E-state index in [4.69, 9.17) is 15.0 Å². The third-order valence-electron chi connectivity index (χ3n) is 10.1. The zero-order chi connectivity index (χ0) is 35.1. The fourth-order valence-electron chi connectivity index (χ4n) is 7.45. The molecule has 0 aliphatic carbocycles. The molecule has 0 unspecified atom stereocenters. The van der Waals surface area contributed by atoms with E-state index in [-0.39, 0.29) is 0 Å². The summed E-state index contributed by atoms with van der Waals surface area (Å²) in [7, 11) is 0. The van der Waals surface area contributed by atoms with Gasteiger partial charge in [0.2, 0.25) is 0 Å². The minimum absolute atomic E-state index is 0.632. The molecular formula is C49H32N4. The van der Waals surface area contributed by atoms with Gasteiger partial charge in [-0.1, -0.05) is 164 Å². The summed E-state index contributed by atoms with van der Waals surface area (Å²) in [6, 6.07) is 68.1. The van der Waals surface area contributed by atoms with Crippen LogP contribution >= 0.6 is 0 Å². The van der Waals surface area contributed by atoms with Crippen LogP contribution in [0, 0.1) is 0 Å². The van der Waals surface area contributed by atoms with E-state index in [0.29, 0.717) is 17.5 Å². The van der Waals surface area contributed by atoms with Gasteiger partial charge in [0.15, 0.2) is 17.5 Å². The molecule has 0 bridgehead atoms. The molecule has 0 spiro atoms. The molecule has 8 aromatic carbocycles. The molecule has 10 rings (SSSR count). The Morgan fingerprint density at radius 3 is 1.51 bits per heavy atom. The molecule has 0 saturated carbocycles. The van der Waals surface area contributed by atoms with Crippen LogP contribution in [-0.2, 0) is 0 Å². The zero-order valence-corrected chi connectivity index (χ0v) is 28.8. The minimum Gasteiger partial charge on any atom is -0.309 e. The molecule has 53 heavy (non-hydrogen) atoms. The van der Waals surface area contributed by atoms with E-state index in [1.165, 1.54) is 32.8 Å². The van der Waals surface area contributed by atoms with Crippen LogP contribution in [0.25, 0.3) is 94.7 Å². The van der Waals surface area contributed by atoms with Gasteiger partial charge in [-0.2, -0.15) is 0 Å². The van der Waals surface area contributed by atoms with Crippen LogP contribution in [0.5, 0.6) is 0 Å². The molecule has 248 valence electrons. The monoisotopic (exact) mass is 676 g/mol. The highest BCUT2D eigenvalue weighted by Gasteiger charge is 2.17. The third-order valence-corrected chi connectivity index (χ3v) is 10.1. The number of aromatic nitrogens is 4. The van der Waals surface area contributed by atoms with Crippen molar-refractivity contribution in [2.75, 3.05) is 0 Å². The van der Waals surface area contributed by atoms with E-state index in [2.05, 4.69) is 193 Å². The van der Waals surface area contributed by atoms with Gasteiger partial charge < -0.3 is 4.57 Å². The van der Waals surface area contributed by atoms with Gasteiger partial charge in [-0.3, -0.25) is 0 Å². The molecule has 0 fully saturated rings. The molecule has 0 saturated heterocycles. The second-order valence-corrected chi connectivity index (χ2v) is 13.3. The summed E-state index contributed by atoms with van der Waals surface area (Å²) in [5.41, 5.74) is 10.8. The van der Waals surface area contributed by atoms with Crippen LogP contribution in [0.15, 0.2) is 194 Å². The van der Waals surface area contributed by atoms with Gasteiger partial charge in [0.1, 0.15) is 0 Å². The van der Waals surface area contributed by atoms with E-state index in [0.717, 1.165) is 44.5 Å². The van der Waals surface area contributed by atoms with Gasteiger partial charge in [0, 0.05) is 33.2 Å². The van der Waals surface area contributed by atoms with Crippen molar-refractivity contribution in [3.05, 3.63) is 194 Å². The lowest BCUT2D eigenvalue weighted by Gasteiger charge is -2.13. The Morgan fingerprint density at radius 1 is 0.302 bits per heavy atom. The normalized spacial score (nSPS) is 11.4. The maximum Gasteiger partial charge on any atom is 0.164 e. The Kier molecular flexibility index (Phi) is 7.43. The summed E-state index contributed by atoms with van der Waals surface area (Å²) >= 11 is 0. The molecule has 2 aromatic heterocycles. The number of fused-ring (bicyclic) bond motifs is 4. The standard InChI is InChI=1S/C49H32N4/c1-2-12-33(13-3-1)35-22-25-37(26-23-35)47-50-48(39-27-24-34-14-4-5-15-38(34)32-39)52-49(51-47)44-19-7-6-16-41(44)36-28-30-40(31-29-36)53-45-20-10-8-17-42(45)43-18-9-11-21-46(43)53/h1-32H. The number of benzene rings is 8. The van der Waals surface area contributed by atoms with Crippen LogP contribution < -0.4 is 0 Å². The SMILES string of the molecule is c1ccc(-c2ccc(-c3nc(-c4ccc5ccccc5c4)nc(-c4ccccc4-c4ccc(-n5c6ccccc6c6ccccc65)cc4)n3)cc2)cc1. The quantitative estimate of drug-likeness (QED) is 0.176. The van der Waals surface area contributed by atoms with Crippen molar-refractivity contribution < 1.29 is 0 Å². The molecule has 0 N–H and O–H groups in total. The highest BCUT2D eigenvalue weighted by molar-refractivity contribution is 6.09. The first-order chi connectivity index (χ1) is 26.3. The molecule has 0 aliphatic rings. The molecule has 0 atom stereocenters. The summed E-state index contributed by atoms with van der Waals surface area (Å²) in [5, 5.41) is 4.82. The molecule has 0 aliphatic heterocycles. The number of para-hydroxylation sites is 2. The van der Waals surface area contributed by atoms with Crippen molar-refractivity contribution in [2.24, 2.45) is 0 Å². The average molecular weight is 677 g/mol. The number of nitrogens with zero attached hydrogens (tertiary/aromatic N) is 4. The number of rotatable bonds is 6. The maximum absolute atomic E-state index is 5.16. The van der Waals surface area contributed by atoms with Gasteiger partial charge in [-0.05, 0) is 63.4 Å². The Balaban J connectivity index is 1.09. The molecule has 0 amide bonds. The van der Waals surface area contributed by atoms with Gasteiger partial charge in [-0.15, -0.1) is 0 Å². The Hall–Kier alpha value is -7.17. The number of hydrogen-bond acceptors (Lipinski definition) is 3. The fraction of sp³-hybridized carbons (Fsp3) is 0. The lowest BCUT2D eigenvalue weighted by molar-refractivity contribution is 1.07. The van der Waals surface area contributed by atoms with Crippen molar-refractivity contribution in [3.63, 3.8) is 0 Å². The summed E-state index contributed by atoms with van der Waals surface area (Å²) in [4.78, 5) is 15.4. The third kappa shape index (κ3) is 5.54. The van der Waals surface area contributed by atoms with Gasteiger partial charge >= 0.3 is 0 Å². The average Bonchev–Trinajstić information content (AvgIpc) is 3.58. The summed E-state index contributed by atoms with van der Waals surface area (Å²) in [5.74, 6) is 1.90. The second kappa shape index (κ2) is 12.9. The van der Waals surface area contributed by atoms with Crippen LogP contribution in [0.3, 0.4) is 0 Å². The zero-order valence-electron chi connectivity index (χ0n) is 28.8. The summed E-state index contributed by atoms with van der Waals surface area (Å²) in [6.45, 7) is 0. The molecule has 0 radical (unpaired) electrons. The van der Waals surface area contributed by atoms with Crippen molar-refractivity contribution in [1.82, 2.24) is 19.5 Å². The highest BCUT2D eigenvalue weighted by Crippen LogP contribution is 2.36. The maximum atomic E-state index is 5.16. The van der Waals surface area contributed by atoms with E-state index >= 15 is 0 Å². The Bertz CT molecular complexity index is 2870. The first-order valence-electron chi connectivity index (χ1n) is 17.9. The molecule has 4 nitrogen and oxygen atoms in total. The van der Waals surface area contributed by atoms with Crippen LogP contribution in [0.4, 0.5) is 0 Å². The summed E-state index contributed by atoms with van der Waals surface area (Å²) < 4.78 is 2.34. The summed E-state index contributed by atoms with van der Waals surface area (Å²) in [6.07, 6.45) is 0. The van der Waals surface area contributed by atoms with Crippen molar-refractivity contribution >= 4 is 32.6 Å². The predicted octanol–water partition coefficient (Wildman–Crippen LogP) is 12.5. The van der Waals surface area contributed by atoms with E-state index < -0.39 is 0 Å². The molecular weight excluding hydrogens is 645 g/mol. The predicted molar refractivity (Wildman–Crippen MR) is 219 cm³/mol. The van der Waals surface area contributed by atoms with E-state index in [1.807, 2.05) is 6.07 Å². The van der Waals surface area contributed by atoms with E-state index in [9.17, 15) is 0 Å². The largest absolute Gasteiger partial charge is 0.309 e.